The molecule has 1 N–H and O–H groups in total. The van der Waals surface area contributed by atoms with E-state index in [2.05, 4.69) is 44.9 Å². The van der Waals surface area contributed by atoms with Crippen LogP contribution >= 0.6 is 0 Å². The van der Waals surface area contributed by atoms with Crippen molar-refractivity contribution in [1.82, 2.24) is 15.3 Å². The highest BCUT2D eigenvalue weighted by Crippen LogP contribution is 2.39. The van der Waals surface area contributed by atoms with Gasteiger partial charge in [0.1, 0.15) is 5.82 Å². The second-order valence-corrected chi connectivity index (χ2v) is 7.23. The summed E-state index contributed by atoms with van der Waals surface area (Å²) in [4.78, 5) is 9.39. The topological polar surface area (TPSA) is 37.8 Å². The third-order valence-electron chi connectivity index (χ3n) is 3.70. The first-order valence-corrected chi connectivity index (χ1v) is 6.76. The zero-order valence-electron chi connectivity index (χ0n) is 12.5. The van der Waals surface area contributed by atoms with Gasteiger partial charge in [-0.05, 0) is 25.3 Å². The molecular formula is C15H25N3. The summed E-state index contributed by atoms with van der Waals surface area (Å²) in [5.74, 6) is 0.953. The van der Waals surface area contributed by atoms with Gasteiger partial charge in [0.05, 0.1) is 0 Å². The summed E-state index contributed by atoms with van der Waals surface area (Å²) < 4.78 is 0. The number of hydrogen-bond acceptors (Lipinski definition) is 3. The molecule has 1 atom stereocenters. The largest absolute Gasteiger partial charge is 0.313 e. The summed E-state index contributed by atoms with van der Waals surface area (Å²) in [6, 6.07) is 0.387. The number of rotatable bonds is 1. The van der Waals surface area contributed by atoms with Gasteiger partial charge in [-0.2, -0.15) is 0 Å². The zero-order chi connectivity index (χ0) is 13.6. The van der Waals surface area contributed by atoms with Gasteiger partial charge < -0.3 is 5.32 Å². The number of nitrogens with zero attached hydrogens (tertiary/aromatic N) is 2. The molecule has 3 heteroatoms. The Hall–Kier alpha value is -0.960. The molecule has 0 amide bonds. The molecule has 1 heterocycles. The quantitative estimate of drug-likeness (QED) is 0.829. The molecule has 18 heavy (non-hydrogen) atoms. The molecule has 0 aromatic carbocycles. The molecule has 0 saturated carbocycles. The van der Waals surface area contributed by atoms with Crippen molar-refractivity contribution in [2.24, 2.45) is 5.41 Å². The van der Waals surface area contributed by atoms with Crippen LogP contribution in [-0.4, -0.2) is 17.0 Å². The van der Waals surface area contributed by atoms with Gasteiger partial charge in [0, 0.05) is 28.9 Å². The fourth-order valence-corrected chi connectivity index (χ4v) is 2.67. The van der Waals surface area contributed by atoms with Gasteiger partial charge in [-0.25, -0.2) is 9.97 Å². The second kappa shape index (κ2) is 4.30. The monoisotopic (exact) mass is 247 g/mol. The van der Waals surface area contributed by atoms with E-state index in [9.17, 15) is 0 Å². The standard InChI is InChI=1S/C15H25N3/c1-14(2,3)13-17-9-10-11(16-6)7-15(4,5)8-12(10)18-13/h9,11,16H,7-8H2,1-6H3. The van der Waals surface area contributed by atoms with Gasteiger partial charge in [0.2, 0.25) is 0 Å². The molecule has 1 aromatic heterocycles. The Morgan fingerprint density at radius 2 is 2.00 bits per heavy atom. The van der Waals surface area contributed by atoms with Crippen LogP contribution in [0.15, 0.2) is 6.20 Å². The number of fused-ring (bicyclic) bond motifs is 1. The van der Waals surface area contributed by atoms with Gasteiger partial charge in [-0.1, -0.05) is 34.6 Å². The van der Waals surface area contributed by atoms with Crippen LogP contribution in [0.4, 0.5) is 0 Å². The predicted octanol–water partition coefficient (Wildman–Crippen LogP) is 3.01. The van der Waals surface area contributed by atoms with Crippen LogP contribution in [0.2, 0.25) is 0 Å². The molecule has 0 fully saturated rings. The van der Waals surface area contributed by atoms with Crippen molar-refractivity contribution < 1.29 is 0 Å². The molecule has 0 radical (unpaired) electrons. The summed E-state index contributed by atoms with van der Waals surface area (Å²) in [7, 11) is 2.02. The molecule has 1 aromatic rings. The average molecular weight is 247 g/mol. The Morgan fingerprint density at radius 3 is 2.56 bits per heavy atom. The first kappa shape index (κ1) is 13.5. The van der Waals surface area contributed by atoms with E-state index >= 15 is 0 Å². The minimum absolute atomic E-state index is 0.0196. The fraction of sp³-hybridized carbons (Fsp3) is 0.733. The molecule has 0 spiro atoms. The lowest BCUT2D eigenvalue weighted by Crippen LogP contribution is -2.33. The van der Waals surface area contributed by atoms with Gasteiger partial charge in [-0.15, -0.1) is 0 Å². The molecule has 0 bridgehead atoms. The van der Waals surface area contributed by atoms with Crippen LogP contribution in [0.3, 0.4) is 0 Å². The molecule has 100 valence electrons. The fourth-order valence-electron chi connectivity index (χ4n) is 2.67. The molecule has 1 aliphatic rings. The van der Waals surface area contributed by atoms with Crippen molar-refractivity contribution in [3.8, 4) is 0 Å². The lowest BCUT2D eigenvalue weighted by molar-refractivity contribution is 0.259. The van der Waals surface area contributed by atoms with Crippen molar-refractivity contribution >= 4 is 0 Å². The van der Waals surface area contributed by atoms with Crippen molar-refractivity contribution in [3.05, 3.63) is 23.3 Å². The summed E-state index contributed by atoms with van der Waals surface area (Å²) in [6.07, 6.45) is 4.22. The van der Waals surface area contributed by atoms with Gasteiger partial charge in [0.25, 0.3) is 0 Å². The molecule has 3 nitrogen and oxygen atoms in total. The maximum Gasteiger partial charge on any atom is 0.133 e. The highest BCUT2D eigenvalue weighted by Gasteiger charge is 2.33. The highest BCUT2D eigenvalue weighted by atomic mass is 14.9. The number of hydrogen-bond donors (Lipinski definition) is 1. The molecular weight excluding hydrogens is 222 g/mol. The summed E-state index contributed by atoms with van der Waals surface area (Å²) in [6.45, 7) is 11.1. The maximum atomic E-state index is 4.83. The summed E-state index contributed by atoms with van der Waals surface area (Å²) in [5, 5.41) is 3.39. The van der Waals surface area contributed by atoms with E-state index < -0.39 is 0 Å². The smallest absolute Gasteiger partial charge is 0.133 e. The second-order valence-electron chi connectivity index (χ2n) is 7.23. The lowest BCUT2D eigenvalue weighted by atomic mass is 9.74. The molecule has 1 unspecified atom stereocenters. The van der Waals surface area contributed by atoms with E-state index in [1.54, 1.807) is 0 Å². The molecule has 1 aliphatic carbocycles. The van der Waals surface area contributed by atoms with Crippen LogP contribution in [0.25, 0.3) is 0 Å². The minimum Gasteiger partial charge on any atom is -0.313 e. The highest BCUT2D eigenvalue weighted by molar-refractivity contribution is 5.27. The van der Waals surface area contributed by atoms with Gasteiger partial charge >= 0.3 is 0 Å². The Labute approximate surface area is 110 Å². The Morgan fingerprint density at radius 1 is 1.33 bits per heavy atom. The summed E-state index contributed by atoms with van der Waals surface area (Å²) in [5.41, 5.74) is 2.84. The van der Waals surface area contributed by atoms with Crippen molar-refractivity contribution in [1.29, 1.82) is 0 Å². The lowest BCUT2D eigenvalue weighted by Gasteiger charge is -2.36. The van der Waals surface area contributed by atoms with Crippen LogP contribution < -0.4 is 5.32 Å². The van der Waals surface area contributed by atoms with Crippen LogP contribution in [0, 0.1) is 5.41 Å². The SMILES string of the molecule is CNC1CC(C)(C)Cc2nc(C(C)(C)C)ncc21. The Kier molecular flexibility index (Phi) is 3.22. The molecule has 0 saturated heterocycles. The van der Waals surface area contributed by atoms with Crippen LogP contribution in [-0.2, 0) is 11.8 Å². The van der Waals surface area contributed by atoms with Crippen LogP contribution in [0.1, 0.15) is 64.2 Å². The predicted molar refractivity (Wildman–Crippen MR) is 74.6 cm³/mol. The van der Waals surface area contributed by atoms with Crippen molar-refractivity contribution in [2.75, 3.05) is 7.05 Å². The minimum atomic E-state index is 0.0196. The van der Waals surface area contributed by atoms with E-state index in [1.165, 1.54) is 11.3 Å². The van der Waals surface area contributed by atoms with E-state index in [4.69, 9.17) is 4.98 Å². The van der Waals surface area contributed by atoms with E-state index in [-0.39, 0.29) is 5.41 Å². The van der Waals surface area contributed by atoms with E-state index in [0.717, 1.165) is 18.7 Å². The Balaban J connectivity index is 2.46. The van der Waals surface area contributed by atoms with E-state index in [0.29, 0.717) is 11.5 Å². The number of aromatic nitrogens is 2. The number of nitrogens with one attached hydrogen (secondary N) is 1. The van der Waals surface area contributed by atoms with Crippen molar-refractivity contribution in [3.63, 3.8) is 0 Å². The Bertz CT molecular complexity index is 444. The average Bonchev–Trinajstić information content (AvgIpc) is 2.24. The van der Waals surface area contributed by atoms with Crippen LogP contribution in [0.5, 0.6) is 0 Å². The van der Waals surface area contributed by atoms with Crippen molar-refractivity contribution in [2.45, 2.75) is 58.9 Å². The first-order valence-electron chi connectivity index (χ1n) is 6.76. The first-order chi connectivity index (χ1) is 8.23. The van der Waals surface area contributed by atoms with Gasteiger partial charge in [0.15, 0.2) is 0 Å². The molecule has 0 aliphatic heterocycles. The van der Waals surface area contributed by atoms with E-state index in [1.807, 2.05) is 13.2 Å². The zero-order valence-corrected chi connectivity index (χ0v) is 12.5. The van der Waals surface area contributed by atoms with Gasteiger partial charge in [-0.3, -0.25) is 0 Å². The third kappa shape index (κ3) is 2.56. The molecule has 2 rings (SSSR count). The maximum absolute atomic E-state index is 4.83. The third-order valence-corrected chi connectivity index (χ3v) is 3.70. The summed E-state index contributed by atoms with van der Waals surface area (Å²) >= 11 is 0. The normalized spacial score (nSPS) is 22.7.